The van der Waals surface area contributed by atoms with Crippen molar-refractivity contribution in [3.05, 3.63) is 15.9 Å². The van der Waals surface area contributed by atoms with E-state index < -0.39 is 10.0 Å². The van der Waals surface area contributed by atoms with Gasteiger partial charge in [0.05, 0.1) is 15.9 Å². The van der Waals surface area contributed by atoms with Gasteiger partial charge in [-0.2, -0.15) is 0 Å². The van der Waals surface area contributed by atoms with Crippen LogP contribution in [0.1, 0.15) is 6.42 Å². The molecule has 3 N–H and O–H groups in total. The first kappa shape index (κ1) is 13.0. The van der Waals surface area contributed by atoms with Gasteiger partial charge in [0.2, 0.25) is 10.0 Å². The molecule has 0 radical (unpaired) electrons. The first-order valence-corrected chi connectivity index (χ1v) is 8.73. The Morgan fingerprint density at radius 2 is 2.28 bits per heavy atom. The highest BCUT2D eigenvalue weighted by Crippen LogP contribution is 2.38. The third-order valence-corrected chi connectivity index (χ3v) is 7.13. The number of thiophene rings is 1. The molecule has 1 aromatic rings. The fourth-order valence-corrected chi connectivity index (χ4v) is 5.88. The Balaban J connectivity index is 1.77. The second kappa shape index (κ2) is 4.53. The van der Waals surface area contributed by atoms with Crippen molar-refractivity contribution in [1.82, 2.24) is 4.72 Å². The van der Waals surface area contributed by atoms with Gasteiger partial charge in [-0.05, 0) is 34.5 Å². The predicted octanol–water partition coefficient (Wildman–Crippen LogP) is 0.903. The Kier molecular flexibility index (Phi) is 3.28. The van der Waals surface area contributed by atoms with E-state index in [0.29, 0.717) is 16.7 Å². The molecular formula is C10H13BrN2O3S2. The van der Waals surface area contributed by atoms with Crippen LogP contribution in [0.2, 0.25) is 0 Å². The summed E-state index contributed by atoms with van der Waals surface area (Å²) in [5, 5.41) is 0. The first-order valence-electron chi connectivity index (χ1n) is 5.64. The lowest BCUT2D eigenvalue weighted by atomic mass is 9.73. The van der Waals surface area contributed by atoms with E-state index in [1.165, 1.54) is 11.3 Å². The topological polar surface area (TPSA) is 81.4 Å². The minimum absolute atomic E-state index is 0.0572. The van der Waals surface area contributed by atoms with Crippen molar-refractivity contribution in [3.8, 4) is 0 Å². The van der Waals surface area contributed by atoms with Crippen molar-refractivity contribution in [3.63, 3.8) is 0 Å². The first-order chi connectivity index (χ1) is 8.49. The fourth-order valence-electron chi connectivity index (χ4n) is 2.57. The van der Waals surface area contributed by atoms with Crippen molar-refractivity contribution < 1.29 is 13.2 Å². The normalized spacial score (nSPS) is 35.2. The maximum Gasteiger partial charge on any atom is 0.250 e. The molecule has 0 spiro atoms. The van der Waals surface area contributed by atoms with Crippen molar-refractivity contribution in [1.29, 1.82) is 0 Å². The van der Waals surface area contributed by atoms with E-state index in [2.05, 4.69) is 20.7 Å². The van der Waals surface area contributed by atoms with Gasteiger partial charge in [-0.25, -0.2) is 13.1 Å². The molecule has 0 bridgehead atoms. The van der Waals surface area contributed by atoms with E-state index in [1.807, 2.05) is 0 Å². The van der Waals surface area contributed by atoms with Crippen molar-refractivity contribution in [2.45, 2.75) is 28.8 Å². The fraction of sp³-hybridized carbons (Fsp3) is 0.600. The van der Waals surface area contributed by atoms with Crippen LogP contribution >= 0.6 is 27.3 Å². The average molecular weight is 353 g/mol. The van der Waals surface area contributed by atoms with Crippen molar-refractivity contribution >= 4 is 37.3 Å². The highest BCUT2D eigenvalue weighted by Gasteiger charge is 2.53. The lowest BCUT2D eigenvalue weighted by Crippen LogP contribution is -2.68. The molecule has 5 nitrogen and oxygen atoms in total. The smallest absolute Gasteiger partial charge is 0.250 e. The lowest BCUT2D eigenvalue weighted by Gasteiger charge is -2.45. The Morgan fingerprint density at radius 3 is 2.94 bits per heavy atom. The molecule has 1 aliphatic heterocycles. The van der Waals surface area contributed by atoms with Crippen LogP contribution in [-0.4, -0.2) is 33.2 Å². The maximum atomic E-state index is 12.2. The largest absolute Gasteiger partial charge is 0.376 e. The zero-order valence-corrected chi connectivity index (χ0v) is 12.6. The molecule has 4 atom stereocenters. The minimum atomic E-state index is -3.49. The summed E-state index contributed by atoms with van der Waals surface area (Å²) in [4.78, 5) is 0. The van der Waals surface area contributed by atoms with Gasteiger partial charge in [-0.3, -0.25) is 0 Å². The second-order valence-corrected chi connectivity index (χ2v) is 8.97. The van der Waals surface area contributed by atoms with E-state index >= 15 is 0 Å². The van der Waals surface area contributed by atoms with Crippen molar-refractivity contribution in [2.24, 2.45) is 11.7 Å². The highest BCUT2D eigenvalue weighted by atomic mass is 79.9. The van der Waals surface area contributed by atoms with Gasteiger partial charge in [-0.15, -0.1) is 11.3 Å². The third-order valence-electron chi connectivity index (χ3n) is 3.55. The molecule has 1 saturated carbocycles. The Labute approximate surface area is 118 Å². The van der Waals surface area contributed by atoms with Gasteiger partial charge >= 0.3 is 0 Å². The lowest BCUT2D eigenvalue weighted by molar-refractivity contribution is -0.00922. The van der Waals surface area contributed by atoms with Crippen LogP contribution in [0, 0.1) is 5.92 Å². The highest BCUT2D eigenvalue weighted by molar-refractivity contribution is 9.11. The SMILES string of the molecule is NC1C2CCOC2C1NS(=O)(=O)c1ccc(Br)s1. The Hall–Kier alpha value is 0.01000. The molecule has 2 aliphatic rings. The molecule has 0 amide bonds. The number of ether oxygens (including phenoxy) is 1. The van der Waals surface area contributed by atoms with Crippen molar-refractivity contribution in [2.75, 3.05) is 6.61 Å². The number of rotatable bonds is 3. The predicted molar refractivity (Wildman–Crippen MR) is 72.0 cm³/mol. The zero-order valence-electron chi connectivity index (χ0n) is 9.37. The average Bonchev–Trinajstić information content (AvgIpc) is 2.92. The molecule has 2 heterocycles. The summed E-state index contributed by atoms with van der Waals surface area (Å²) in [5.41, 5.74) is 5.99. The third kappa shape index (κ3) is 2.04. The van der Waals surface area contributed by atoms with Gasteiger partial charge in [0, 0.05) is 18.6 Å². The van der Waals surface area contributed by atoms with Gasteiger partial charge in [-0.1, -0.05) is 0 Å². The van der Waals surface area contributed by atoms with Gasteiger partial charge in [0.15, 0.2) is 0 Å². The molecule has 3 rings (SSSR count). The summed E-state index contributed by atoms with van der Waals surface area (Å²) in [6.45, 7) is 0.672. The molecule has 2 fully saturated rings. The van der Waals surface area contributed by atoms with E-state index in [0.717, 1.165) is 10.2 Å². The van der Waals surface area contributed by atoms with Gasteiger partial charge < -0.3 is 10.5 Å². The van der Waals surface area contributed by atoms with Crippen LogP contribution in [0.15, 0.2) is 20.1 Å². The minimum Gasteiger partial charge on any atom is -0.376 e. The second-order valence-electron chi connectivity index (χ2n) is 4.57. The van der Waals surface area contributed by atoms with Gasteiger partial charge in [0.1, 0.15) is 4.21 Å². The van der Waals surface area contributed by atoms with Gasteiger partial charge in [0.25, 0.3) is 0 Å². The molecular weight excluding hydrogens is 340 g/mol. The van der Waals surface area contributed by atoms with Crippen LogP contribution in [0.3, 0.4) is 0 Å². The number of hydrogen-bond donors (Lipinski definition) is 2. The number of nitrogens with one attached hydrogen (secondary N) is 1. The number of nitrogens with two attached hydrogens (primary N) is 1. The monoisotopic (exact) mass is 352 g/mol. The summed E-state index contributed by atoms with van der Waals surface area (Å²) in [6.07, 6.45) is 0.868. The van der Waals surface area contributed by atoms with Crippen LogP contribution < -0.4 is 10.5 Å². The van der Waals surface area contributed by atoms with Crippen LogP contribution in [0.5, 0.6) is 0 Å². The Morgan fingerprint density at radius 1 is 1.50 bits per heavy atom. The standard InChI is InChI=1S/C10H13BrN2O3S2/c11-6-1-2-7(17-6)18(14,15)13-9-8(12)5-3-4-16-10(5)9/h1-2,5,8-10,13H,3-4,12H2. The summed E-state index contributed by atoms with van der Waals surface area (Å²) >= 11 is 4.44. The molecule has 4 unspecified atom stereocenters. The summed E-state index contributed by atoms with van der Waals surface area (Å²) in [6, 6.07) is 2.85. The van der Waals surface area contributed by atoms with Crippen LogP contribution in [0.4, 0.5) is 0 Å². The van der Waals surface area contributed by atoms with E-state index in [1.54, 1.807) is 12.1 Å². The van der Waals surface area contributed by atoms with E-state index in [-0.39, 0.29) is 18.2 Å². The Bertz CT molecular complexity index is 559. The molecule has 8 heteroatoms. The van der Waals surface area contributed by atoms with Crippen LogP contribution in [-0.2, 0) is 14.8 Å². The molecule has 100 valence electrons. The zero-order chi connectivity index (χ0) is 12.9. The van der Waals surface area contributed by atoms with E-state index in [4.69, 9.17) is 10.5 Å². The molecule has 0 aromatic carbocycles. The summed E-state index contributed by atoms with van der Waals surface area (Å²) in [7, 11) is -3.49. The number of sulfonamides is 1. The number of fused-ring (bicyclic) bond motifs is 1. The number of halogens is 1. The maximum absolute atomic E-state index is 12.2. The molecule has 1 aliphatic carbocycles. The summed E-state index contributed by atoms with van der Waals surface area (Å²) in [5.74, 6) is 0.299. The van der Waals surface area contributed by atoms with E-state index in [9.17, 15) is 8.42 Å². The quantitative estimate of drug-likeness (QED) is 0.846. The van der Waals surface area contributed by atoms with Crippen LogP contribution in [0.25, 0.3) is 0 Å². The number of hydrogen-bond acceptors (Lipinski definition) is 5. The molecule has 1 aromatic heterocycles. The molecule has 18 heavy (non-hydrogen) atoms. The molecule has 1 saturated heterocycles. The summed E-state index contributed by atoms with van der Waals surface area (Å²) < 4.78 is 33.5.